The molecule has 1 aliphatic carbocycles. The first kappa shape index (κ1) is 16.9. The molecule has 0 aromatic carbocycles. The van der Waals surface area contributed by atoms with E-state index in [1.54, 1.807) is 7.11 Å². The van der Waals surface area contributed by atoms with Crippen LogP contribution >= 0.6 is 0 Å². The summed E-state index contributed by atoms with van der Waals surface area (Å²) in [6.07, 6.45) is 8.38. The lowest BCUT2D eigenvalue weighted by atomic mass is 9.77. The average molecular weight is 271 g/mol. The Labute approximate surface area is 119 Å². The van der Waals surface area contributed by atoms with Crippen molar-refractivity contribution in [3.05, 3.63) is 0 Å². The van der Waals surface area contributed by atoms with Crippen LogP contribution in [0.2, 0.25) is 0 Å². The fourth-order valence-electron chi connectivity index (χ4n) is 2.92. The molecule has 0 heterocycles. The predicted octanol–water partition coefficient (Wildman–Crippen LogP) is 3.51. The van der Waals surface area contributed by atoms with Crippen molar-refractivity contribution in [2.24, 2.45) is 11.7 Å². The zero-order valence-corrected chi connectivity index (χ0v) is 13.3. The van der Waals surface area contributed by atoms with Crippen molar-refractivity contribution in [3.8, 4) is 0 Å². The van der Waals surface area contributed by atoms with Crippen LogP contribution in [-0.2, 0) is 9.47 Å². The number of rotatable bonds is 8. The van der Waals surface area contributed by atoms with Crippen LogP contribution in [0.4, 0.5) is 0 Å². The first-order valence-electron chi connectivity index (χ1n) is 7.86. The molecule has 3 nitrogen and oxygen atoms in total. The Bertz CT molecular complexity index is 245. The van der Waals surface area contributed by atoms with Gasteiger partial charge >= 0.3 is 0 Å². The Morgan fingerprint density at radius 3 is 2.37 bits per heavy atom. The largest absolute Gasteiger partial charge is 0.379 e. The zero-order valence-electron chi connectivity index (χ0n) is 13.3. The minimum Gasteiger partial charge on any atom is -0.379 e. The molecule has 0 spiro atoms. The highest BCUT2D eigenvalue weighted by atomic mass is 16.5. The lowest BCUT2D eigenvalue weighted by molar-refractivity contribution is -0.0929. The van der Waals surface area contributed by atoms with Crippen LogP contribution in [-0.4, -0.2) is 31.5 Å². The first-order valence-corrected chi connectivity index (χ1v) is 7.86. The Hall–Kier alpha value is -0.120. The molecule has 0 amide bonds. The summed E-state index contributed by atoms with van der Waals surface area (Å²) in [5, 5.41) is 0. The van der Waals surface area contributed by atoms with Crippen LogP contribution in [0.1, 0.15) is 65.7 Å². The van der Waals surface area contributed by atoms with Crippen molar-refractivity contribution >= 4 is 0 Å². The van der Waals surface area contributed by atoms with E-state index in [0.717, 1.165) is 31.8 Å². The van der Waals surface area contributed by atoms with Crippen molar-refractivity contribution in [3.63, 3.8) is 0 Å². The fraction of sp³-hybridized carbons (Fsp3) is 1.00. The Morgan fingerprint density at radius 2 is 1.89 bits per heavy atom. The third-order valence-corrected chi connectivity index (χ3v) is 4.75. The van der Waals surface area contributed by atoms with Crippen molar-refractivity contribution in [2.45, 2.75) is 76.9 Å². The van der Waals surface area contributed by atoms with E-state index in [2.05, 4.69) is 20.8 Å². The molecule has 19 heavy (non-hydrogen) atoms. The van der Waals surface area contributed by atoms with Gasteiger partial charge in [-0.3, -0.25) is 0 Å². The van der Waals surface area contributed by atoms with Gasteiger partial charge in [0.2, 0.25) is 0 Å². The van der Waals surface area contributed by atoms with Crippen LogP contribution in [0, 0.1) is 5.92 Å². The maximum atomic E-state index is 6.18. The van der Waals surface area contributed by atoms with Gasteiger partial charge in [-0.1, -0.05) is 19.8 Å². The Balaban J connectivity index is 2.37. The normalized spacial score (nSPS) is 28.6. The summed E-state index contributed by atoms with van der Waals surface area (Å²) < 4.78 is 11.6. The fourth-order valence-corrected chi connectivity index (χ4v) is 2.92. The molecule has 0 aromatic rings. The summed E-state index contributed by atoms with van der Waals surface area (Å²) in [7, 11) is 1.76. The molecule has 2 N–H and O–H groups in total. The Kier molecular flexibility index (Phi) is 6.78. The van der Waals surface area contributed by atoms with Crippen molar-refractivity contribution in [1.82, 2.24) is 0 Å². The molecule has 1 saturated carbocycles. The van der Waals surface area contributed by atoms with Crippen LogP contribution in [0.25, 0.3) is 0 Å². The quantitative estimate of drug-likeness (QED) is 0.735. The number of methoxy groups -OCH3 is 1. The molecule has 1 fully saturated rings. The highest BCUT2D eigenvalue weighted by molar-refractivity contribution is 4.88. The smallest absolute Gasteiger partial charge is 0.0804 e. The topological polar surface area (TPSA) is 44.5 Å². The van der Waals surface area contributed by atoms with E-state index in [1.165, 1.54) is 25.7 Å². The van der Waals surface area contributed by atoms with Crippen molar-refractivity contribution in [1.29, 1.82) is 0 Å². The molecule has 0 radical (unpaired) electrons. The van der Waals surface area contributed by atoms with Gasteiger partial charge in [0.1, 0.15) is 0 Å². The van der Waals surface area contributed by atoms with E-state index < -0.39 is 0 Å². The first-order chi connectivity index (χ1) is 8.97. The SMILES string of the molecule is CCCC1CCC(CN)(OCCC(C)(C)OC)CC1. The average Bonchev–Trinajstić information content (AvgIpc) is 2.41. The molecule has 114 valence electrons. The summed E-state index contributed by atoms with van der Waals surface area (Å²) in [6, 6.07) is 0. The minimum absolute atomic E-state index is 0.0614. The third kappa shape index (κ3) is 5.41. The standard InChI is InChI=1S/C16H33NO2/c1-5-6-14-7-9-16(13-17,10-8-14)19-12-11-15(2,3)18-4/h14H,5-13,17H2,1-4H3. The van der Waals surface area contributed by atoms with Gasteiger partial charge in [0, 0.05) is 13.7 Å². The number of hydrogen-bond donors (Lipinski definition) is 1. The minimum atomic E-state index is -0.102. The number of nitrogens with two attached hydrogens (primary N) is 1. The van der Waals surface area contributed by atoms with E-state index in [0.29, 0.717) is 6.54 Å². The summed E-state index contributed by atoms with van der Waals surface area (Å²) in [5.74, 6) is 0.892. The maximum Gasteiger partial charge on any atom is 0.0804 e. The molecule has 0 atom stereocenters. The van der Waals surface area contributed by atoms with E-state index in [1.807, 2.05) is 0 Å². The monoisotopic (exact) mass is 271 g/mol. The van der Waals surface area contributed by atoms with Crippen LogP contribution < -0.4 is 5.73 Å². The van der Waals surface area contributed by atoms with E-state index >= 15 is 0 Å². The Morgan fingerprint density at radius 1 is 1.26 bits per heavy atom. The van der Waals surface area contributed by atoms with E-state index in [9.17, 15) is 0 Å². The molecule has 0 bridgehead atoms. The lowest BCUT2D eigenvalue weighted by Gasteiger charge is -2.40. The number of hydrogen-bond acceptors (Lipinski definition) is 3. The third-order valence-electron chi connectivity index (χ3n) is 4.75. The van der Waals surface area contributed by atoms with Crippen molar-refractivity contribution in [2.75, 3.05) is 20.3 Å². The van der Waals surface area contributed by atoms with Gasteiger partial charge < -0.3 is 15.2 Å². The predicted molar refractivity (Wildman–Crippen MR) is 80.3 cm³/mol. The lowest BCUT2D eigenvalue weighted by Crippen LogP contribution is -2.45. The molecule has 1 rings (SSSR count). The number of ether oxygens (including phenoxy) is 2. The van der Waals surface area contributed by atoms with Gasteiger partial charge in [-0.25, -0.2) is 0 Å². The van der Waals surface area contributed by atoms with Gasteiger partial charge in [-0.15, -0.1) is 0 Å². The summed E-state index contributed by atoms with van der Waals surface area (Å²) in [6.45, 7) is 7.87. The van der Waals surface area contributed by atoms with E-state index in [4.69, 9.17) is 15.2 Å². The summed E-state index contributed by atoms with van der Waals surface area (Å²) in [4.78, 5) is 0. The van der Waals surface area contributed by atoms with Crippen molar-refractivity contribution < 1.29 is 9.47 Å². The molecule has 0 aromatic heterocycles. The summed E-state index contributed by atoms with van der Waals surface area (Å²) >= 11 is 0. The van der Waals surface area contributed by atoms with Crippen LogP contribution in [0.3, 0.4) is 0 Å². The maximum absolute atomic E-state index is 6.18. The van der Waals surface area contributed by atoms with Gasteiger partial charge in [-0.05, 0) is 51.9 Å². The van der Waals surface area contributed by atoms with Crippen LogP contribution in [0.5, 0.6) is 0 Å². The molecule has 0 unspecified atom stereocenters. The van der Waals surface area contributed by atoms with Gasteiger partial charge in [0.15, 0.2) is 0 Å². The molecule has 3 heteroatoms. The van der Waals surface area contributed by atoms with Gasteiger partial charge in [-0.2, -0.15) is 0 Å². The molecular formula is C16H33NO2. The molecule has 0 aliphatic heterocycles. The van der Waals surface area contributed by atoms with Crippen LogP contribution in [0.15, 0.2) is 0 Å². The molecular weight excluding hydrogens is 238 g/mol. The highest BCUT2D eigenvalue weighted by Gasteiger charge is 2.35. The molecule has 0 saturated heterocycles. The van der Waals surface area contributed by atoms with Gasteiger partial charge in [0.05, 0.1) is 17.8 Å². The second-order valence-electron chi connectivity index (χ2n) is 6.68. The second kappa shape index (κ2) is 7.61. The zero-order chi connectivity index (χ0) is 14.4. The van der Waals surface area contributed by atoms with Gasteiger partial charge in [0.25, 0.3) is 0 Å². The summed E-state index contributed by atoms with van der Waals surface area (Å²) in [5.41, 5.74) is 5.82. The second-order valence-corrected chi connectivity index (χ2v) is 6.68. The van der Waals surface area contributed by atoms with E-state index in [-0.39, 0.29) is 11.2 Å². The molecule has 1 aliphatic rings. The highest BCUT2D eigenvalue weighted by Crippen LogP contribution is 2.36.